The summed E-state index contributed by atoms with van der Waals surface area (Å²) in [5.74, 6) is -2.38. The molecule has 47 heavy (non-hydrogen) atoms. The first-order chi connectivity index (χ1) is 22.4. The van der Waals surface area contributed by atoms with Crippen LogP contribution in [0.1, 0.15) is 28.4 Å². The molecule has 240 valence electrons. The predicted octanol–water partition coefficient (Wildman–Crippen LogP) is 3.73. The van der Waals surface area contributed by atoms with Crippen LogP contribution in [0.15, 0.2) is 102 Å². The van der Waals surface area contributed by atoms with Crippen LogP contribution in [0.3, 0.4) is 0 Å². The van der Waals surface area contributed by atoms with Crippen LogP contribution in [-0.2, 0) is 26.2 Å². The molecule has 5 rings (SSSR count). The number of sulfonamides is 1. The van der Waals surface area contributed by atoms with Crippen LogP contribution in [0.4, 0.5) is 5.69 Å². The van der Waals surface area contributed by atoms with Crippen LogP contribution in [0.25, 0.3) is 21.7 Å². The van der Waals surface area contributed by atoms with E-state index < -0.39 is 34.5 Å². The van der Waals surface area contributed by atoms with Gasteiger partial charge in [0.1, 0.15) is 23.3 Å². The third-order valence-corrected chi connectivity index (χ3v) is 9.69. The minimum atomic E-state index is -4.42. The number of aliphatic carboxylic acids is 1. The quantitative estimate of drug-likeness (QED) is 0.123. The number of anilines is 1. The van der Waals surface area contributed by atoms with Crippen molar-refractivity contribution in [3.8, 4) is 0 Å². The van der Waals surface area contributed by atoms with Crippen molar-refractivity contribution in [2.45, 2.75) is 24.4 Å². The zero-order valence-corrected chi connectivity index (χ0v) is 26.4. The molecule has 0 bridgehead atoms. The Hall–Kier alpha value is -5.82. The van der Waals surface area contributed by atoms with Crippen molar-refractivity contribution in [2.24, 2.45) is 5.73 Å². The second-order valence-corrected chi connectivity index (χ2v) is 12.7. The summed E-state index contributed by atoms with van der Waals surface area (Å²) in [4.78, 5) is 43.3. The molecule has 0 aliphatic heterocycles. The zero-order valence-electron chi connectivity index (χ0n) is 25.5. The predicted molar refractivity (Wildman–Crippen MR) is 179 cm³/mol. The monoisotopic (exact) mass is 652 g/mol. The maximum absolute atomic E-state index is 14.3. The molecule has 0 aliphatic carbocycles. The van der Waals surface area contributed by atoms with Crippen LogP contribution < -0.4 is 15.4 Å². The number of fused-ring (bicyclic) bond motifs is 2. The number of carboxylic acid groups (broad SMARTS) is 1. The van der Waals surface area contributed by atoms with Crippen LogP contribution in [0, 0.1) is 5.41 Å². The van der Waals surface area contributed by atoms with E-state index in [0.29, 0.717) is 27.3 Å². The van der Waals surface area contributed by atoms with Gasteiger partial charge < -0.3 is 21.1 Å². The average Bonchev–Trinajstić information content (AvgIpc) is 3.07. The van der Waals surface area contributed by atoms with Gasteiger partial charge in [-0.05, 0) is 53.6 Å². The van der Waals surface area contributed by atoms with Crippen molar-refractivity contribution < 1.29 is 27.9 Å². The highest BCUT2D eigenvalue weighted by Crippen LogP contribution is 2.31. The molecule has 1 heterocycles. The van der Waals surface area contributed by atoms with Crippen molar-refractivity contribution in [3.05, 3.63) is 114 Å². The fourth-order valence-electron chi connectivity index (χ4n) is 5.04. The number of aromatic nitrogens is 1. The lowest BCUT2D eigenvalue weighted by molar-refractivity contribution is -0.147. The van der Waals surface area contributed by atoms with Crippen LogP contribution in [0.2, 0.25) is 0 Å². The normalized spacial score (nSPS) is 12.0. The van der Waals surface area contributed by atoms with Gasteiger partial charge in [-0.2, -0.15) is 0 Å². The van der Waals surface area contributed by atoms with Crippen molar-refractivity contribution in [1.82, 2.24) is 15.2 Å². The van der Waals surface area contributed by atoms with Crippen molar-refractivity contribution in [3.63, 3.8) is 0 Å². The van der Waals surface area contributed by atoms with E-state index in [-0.39, 0.29) is 34.4 Å². The number of hydrogen-bond acceptors (Lipinski definition) is 7. The Balaban J connectivity index is 1.51. The SMILES string of the molecule is CC(C(=O)O)N(C)C(=O)CN(c1ccc2c(C(=O)NCc3ccc(C(=N)N)cc3)cccc2c1)S(=O)(=O)c1cccc2cccnc12. The molecule has 0 radical (unpaired) electrons. The highest BCUT2D eigenvalue weighted by Gasteiger charge is 2.32. The average molecular weight is 653 g/mol. The lowest BCUT2D eigenvalue weighted by Gasteiger charge is -2.28. The number of para-hydroxylation sites is 1. The smallest absolute Gasteiger partial charge is 0.326 e. The summed E-state index contributed by atoms with van der Waals surface area (Å²) < 4.78 is 29.6. The summed E-state index contributed by atoms with van der Waals surface area (Å²) in [6.45, 7) is 0.867. The second kappa shape index (κ2) is 13.3. The van der Waals surface area contributed by atoms with Crippen LogP contribution >= 0.6 is 0 Å². The molecule has 1 aromatic heterocycles. The maximum atomic E-state index is 14.3. The summed E-state index contributed by atoms with van der Waals surface area (Å²) in [7, 11) is -3.12. The standard InChI is InChI=1S/C34H32N6O6S/c1-21(34(43)44)39(2)30(41)20-40(47(45,46)29-10-4-6-23-8-5-17-37-31(23)29)26-15-16-27-25(18-26)7-3-9-28(27)33(42)38-19-22-11-13-24(14-12-22)32(35)36/h3-18,21H,19-20H2,1-2H3,(H3,35,36)(H,38,42)(H,43,44). The molecule has 12 nitrogen and oxygen atoms in total. The molecule has 1 unspecified atom stereocenters. The van der Waals surface area contributed by atoms with Crippen LogP contribution in [0.5, 0.6) is 0 Å². The van der Waals surface area contributed by atoms with Crippen molar-refractivity contribution in [1.29, 1.82) is 5.41 Å². The van der Waals surface area contributed by atoms with Gasteiger partial charge in [-0.25, -0.2) is 13.2 Å². The first-order valence-electron chi connectivity index (χ1n) is 14.5. The highest BCUT2D eigenvalue weighted by atomic mass is 32.2. The molecule has 0 saturated carbocycles. The molecular weight excluding hydrogens is 620 g/mol. The third-order valence-electron chi connectivity index (χ3n) is 7.89. The molecule has 0 saturated heterocycles. The Morgan fingerprint density at radius 3 is 2.34 bits per heavy atom. The largest absolute Gasteiger partial charge is 0.480 e. The van der Waals surface area contributed by atoms with E-state index in [0.717, 1.165) is 14.8 Å². The van der Waals surface area contributed by atoms with Gasteiger partial charge in [0.25, 0.3) is 15.9 Å². The van der Waals surface area contributed by atoms with Gasteiger partial charge in [0.15, 0.2) is 0 Å². The van der Waals surface area contributed by atoms with E-state index in [1.54, 1.807) is 78.9 Å². The van der Waals surface area contributed by atoms with Crippen molar-refractivity contribution >= 4 is 61.0 Å². The highest BCUT2D eigenvalue weighted by molar-refractivity contribution is 7.93. The molecule has 1 atom stereocenters. The first-order valence-corrected chi connectivity index (χ1v) is 15.9. The number of nitrogens with one attached hydrogen (secondary N) is 2. The number of nitrogens with two attached hydrogens (primary N) is 1. The van der Waals surface area contributed by atoms with Gasteiger partial charge in [-0.1, -0.05) is 60.7 Å². The Morgan fingerprint density at radius 1 is 0.957 bits per heavy atom. The number of pyridine rings is 1. The summed E-state index contributed by atoms with van der Waals surface area (Å²) in [5.41, 5.74) is 7.60. The molecule has 0 spiro atoms. The van der Waals surface area contributed by atoms with Gasteiger partial charge in [-0.15, -0.1) is 0 Å². The summed E-state index contributed by atoms with van der Waals surface area (Å²) in [6.07, 6.45) is 1.48. The number of likely N-dealkylation sites (N-methyl/N-ethyl adjacent to an activating group) is 1. The number of nitrogens with zero attached hydrogens (tertiary/aromatic N) is 3. The lowest BCUT2D eigenvalue weighted by Crippen LogP contribution is -2.47. The fourth-order valence-corrected chi connectivity index (χ4v) is 6.61. The fraction of sp³-hybridized carbons (Fsp3) is 0.147. The minimum absolute atomic E-state index is 0.0536. The summed E-state index contributed by atoms with van der Waals surface area (Å²) in [6, 6.07) is 23.6. The molecule has 0 fully saturated rings. The minimum Gasteiger partial charge on any atom is -0.480 e. The van der Waals surface area contributed by atoms with Gasteiger partial charge in [0, 0.05) is 36.3 Å². The molecule has 5 aromatic rings. The summed E-state index contributed by atoms with van der Waals surface area (Å²) in [5, 5.41) is 21.5. The Bertz CT molecular complexity index is 2130. The Kier molecular flexibility index (Phi) is 9.19. The van der Waals surface area contributed by atoms with Crippen molar-refractivity contribution in [2.75, 3.05) is 17.9 Å². The van der Waals surface area contributed by atoms with E-state index in [2.05, 4.69) is 10.3 Å². The van der Waals surface area contributed by atoms with E-state index in [1.165, 1.54) is 32.3 Å². The van der Waals surface area contributed by atoms with Gasteiger partial charge in [0.2, 0.25) is 5.91 Å². The molecular formula is C34H32N6O6S. The molecule has 0 aliphatic rings. The van der Waals surface area contributed by atoms with Gasteiger partial charge in [-0.3, -0.25) is 24.3 Å². The van der Waals surface area contributed by atoms with Crippen LogP contribution in [-0.4, -0.2) is 66.7 Å². The molecule has 5 N–H and O–H groups in total. The molecule has 13 heteroatoms. The Labute approximate surface area is 271 Å². The Morgan fingerprint density at radius 2 is 1.64 bits per heavy atom. The van der Waals surface area contributed by atoms with Gasteiger partial charge >= 0.3 is 5.97 Å². The van der Waals surface area contributed by atoms with E-state index >= 15 is 0 Å². The maximum Gasteiger partial charge on any atom is 0.326 e. The zero-order chi connectivity index (χ0) is 33.9. The number of carbonyl (C=O) groups is 3. The first kappa shape index (κ1) is 32.6. The van der Waals surface area contributed by atoms with E-state index in [4.69, 9.17) is 11.1 Å². The second-order valence-electron chi connectivity index (χ2n) is 10.9. The third kappa shape index (κ3) is 6.75. The number of amidine groups is 1. The van der Waals surface area contributed by atoms with E-state index in [9.17, 15) is 27.9 Å². The topological polar surface area (TPSA) is 187 Å². The van der Waals surface area contributed by atoms with Gasteiger partial charge in [0.05, 0.1) is 11.2 Å². The number of hydrogen-bond donors (Lipinski definition) is 4. The summed E-state index contributed by atoms with van der Waals surface area (Å²) >= 11 is 0. The number of carbonyl (C=O) groups excluding carboxylic acids is 2. The number of carboxylic acids is 1. The number of benzene rings is 4. The molecule has 4 aromatic carbocycles. The lowest BCUT2D eigenvalue weighted by atomic mass is 10.0. The van der Waals surface area contributed by atoms with E-state index in [1.807, 2.05) is 0 Å². The number of nitrogen functional groups attached to an aromatic ring is 1. The number of rotatable bonds is 11. The molecule has 2 amide bonds. The number of amides is 2.